The van der Waals surface area contributed by atoms with E-state index in [-0.39, 0.29) is 11.5 Å². The zero-order valence-corrected chi connectivity index (χ0v) is 15.1. The van der Waals surface area contributed by atoms with Gasteiger partial charge in [0.1, 0.15) is 6.61 Å². The molecule has 0 saturated carbocycles. The van der Waals surface area contributed by atoms with Gasteiger partial charge in [-0.3, -0.25) is 10.1 Å². The number of hydrogen-bond acceptors (Lipinski definition) is 5. The van der Waals surface area contributed by atoms with E-state index >= 15 is 0 Å². The molecule has 24 heavy (non-hydrogen) atoms. The van der Waals surface area contributed by atoms with Crippen LogP contribution in [0.1, 0.15) is 90.9 Å². The lowest BCUT2D eigenvalue weighted by Crippen LogP contribution is -2.42. The van der Waals surface area contributed by atoms with E-state index in [2.05, 4.69) is 6.92 Å². The summed E-state index contributed by atoms with van der Waals surface area (Å²) in [6.07, 6.45) is 12.3. The van der Waals surface area contributed by atoms with Gasteiger partial charge >= 0.3 is 0 Å². The van der Waals surface area contributed by atoms with Crippen molar-refractivity contribution >= 4 is 0 Å². The third-order valence-electron chi connectivity index (χ3n) is 4.17. The molecule has 1 unspecified atom stereocenters. The van der Waals surface area contributed by atoms with Crippen LogP contribution < -0.4 is 0 Å². The number of rotatable bonds is 14. The second kappa shape index (κ2) is 16.4. The third kappa shape index (κ3) is 14.2. The minimum absolute atomic E-state index is 0.246. The molecule has 144 valence electrons. The number of aliphatic hydroxyl groups is 1. The summed E-state index contributed by atoms with van der Waals surface area (Å²) < 4.78 is 0. The van der Waals surface area contributed by atoms with Crippen molar-refractivity contribution < 1.29 is 20.3 Å². The molecule has 0 aromatic heterocycles. The first-order valence-electron chi connectivity index (χ1n) is 8.95. The average molecular weight is 350 g/mol. The zero-order chi connectivity index (χ0) is 18.8. The van der Waals surface area contributed by atoms with Crippen LogP contribution >= 0.6 is 0 Å². The minimum atomic E-state index is -1.50. The summed E-state index contributed by atoms with van der Waals surface area (Å²) in [6, 6.07) is 0. The first-order valence-corrected chi connectivity index (χ1v) is 8.95. The summed E-state index contributed by atoms with van der Waals surface area (Å²) in [4.78, 5) is 19.4. The van der Waals surface area contributed by atoms with Crippen LogP contribution in [0.2, 0.25) is 0 Å². The zero-order valence-electron chi connectivity index (χ0n) is 15.1. The van der Waals surface area contributed by atoms with Gasteiger partial charge < -0.3 is 10.3 Å². The summed E-state index contributed by atoms with van der Waals surface area (Å²) in [5.74, 6) is 0. The van der Waals surface area contributed by atoms with Crippen LogP contribution in [0.15, 0.2) is 0 Å². The molecule has 0 fully saturated rings. The first kappa shape index (κ1) is 24.8. The number of unbranched alkanes of at least 4 members (excludes halogenated alkanes) is 8. The van der Waals surface area contributed by atoms with E-state index in [1.54, 1.807) is 0 Å². The molecule has 0 heterocycles. The standard InChI is InChI=1S/C16H33NO3.HNO3/c1-3-5-7-8-9-10-11-12-14-16(15-18,17(19)20)13-6-4-2;2-1(3)4/h18H,3-15H2,1-2H3;(H,2,3,4). The van der Waals surface area contributed by atoms with Crippen molar-refractivity contribution in [2.24, 2.45) is 0 Å². The Hall–Kier alpha value is -1.44. The Labute approximate surface area is 144 Å². The highest BCUT2D eigenvalue weighted by atomic mass is 16.9. The van der Waals surface area contributed by atoms with Crippen molar-refractivity contribution in [2.45, 2.75) is 96.4 Å². The van der Waals surface area contributed by atoms with Crippen molar-refractivity contribution in [1.29, 1.82) is 0 Å². The van der Waals surface area contributed by atoms with Gasteiger partial charge in [0.05, 0.1) is 0 Å². The van der Waals surface area contributed by atoms with Crippen LogP contribution in [-0.2, 0) is 0 Å². The summed E-state index contributed by atoms with van der Waals surface area (Å²) in [5, 5.41) is 34.3. The molecule has 8 nitrogen and oxygen atoms in total. The fraction of sp³-hybridized carbons (Fsp3) is 1.00. The molecule has 0 rings (SSSR count). The number of nitrogens with zero attached hydrogens (tertiary/aromatic N) is 2. The second-order valence-electron chi connectivity index (χ2n) is 6.21. The Kier molecular flexibility index (Phi) is 17.0. The highest BCUT2D eigenvalue weighted by Crippen LogP contribution is 2.25. The Morgan fingerprint density at radius 1 is 0.792 bits per heavy atom. The number of aliphatic hydroxyl groups excluding tert-OH is 1. The first-order chi connectivity index (χ1) is 11.4. The normalized spacial score (nSPS) is 12.8. The van der Waals surface area contributed by atoms with Gasteiger partial charge in [-0.2, -0.15) is 0 Å². The predicted octanol–water partition coefficient (Wildman–Crippen LogP) is 4.37. The van der Waals surface area contributed by atoms with Gasteiger partial charge in [-0.25, -0.2) is 0 Å². The van der Waals surface area contributed by atoms with Crippen LogP contribution in [0.5, 0.6) is 0 Å². The molecule has 0 aromatic rings. The second-order valence-corrected chi connectivity index (χ2v) is 6.21. The number of hydrogen-bond donors (Lipinski definition) is 2. The van der Waals surface area contributed by atoms with Crippen molar-refractivity contribution in [3.8, 4) is 0 Å². The van der Waals surface area contributed by atoms with Crippen molar-refractivity contribution in [3.05, 3.63) is 20.2 Å². The topological polar surface area (TPSA) is 127 Å². The Morgan fingerprint density at radius 3 is 1.54 bits per heavy atom. The maximum Gasteiger partial charge on any atom is 0.291 e. The molecule has 0 aliphatic rings. The molecule has 8 heteroatoms. The lowest BCUT2D eigenvalue weighted by atomic mass is 9.88. The molecule has 0 saturated heterocycles. The van der Waals surface area contributed by atoms with Crippen molar-refractivity contribution in [2.75, 3.05) is 6.61 Å². The van der Waals surface area contributed by atoms with Gasteiger partial charge in [0.25, 0.3) is 5.09 Å². The smallest absolute Gasteiger partial charge is 0.291 e. The van der Waals surface area contributed by atoms with E-state index in [9.17, 15) is 15.2 Å². The largest absolute Gasteiger partial charge is 0.389 e. The van der Waals surface area contributed by atoms with E-state index in [4.69, 9.17) is 15.3 Å². The van der Waals surface area contributed by atoms with Gasteiger partial charge in [0.15, 0.2) is 0 Å². The van der Waals surface area contributed by atoms with E-state index in [1.165, 1.54) is 32.1 Å². The Bertz CT molecular complexity index is 324. The van der Waals surface area contributed by atoms with Crippen LogP contribution in [-0.4, -0.2) is 32.5 Å². The van der Waals surface area contributed by atoms with Crippen molar-refractivity contribution in [3.63, 3.8) is 0 Å². The molecule has 1 atom stereocenters. The van der Waals surface area contributed by atoms with E-state index in [1.807, 2.05) is 6.92 Å². The highest BCUT2D eigenvalue weighted by Gasteiger charge is 2.40. The van der Waals surface area contributed by atoms with Crippen LogP contribution in [0, 0.1) is 20.2 Å². The fourth-order valence-electron chi connectivity index (χ4n) is 2.62. The third-order valence-corrected chi connectivity index (χ3v) is 4.17. The lowest BCUT2D eigenvalue weighted by molar-refractivity contribution is -0.742. The summed E-state index contributed by atoms with van der Waals surface area (Å²) in [5.41, 5.74) is -1.09. The molecule has 2 N–H and O–H groups in total. The molecule has 0 amide bonds. The maximum atomic E-state index is 11.2. The van der Waals surface area contributed by atoms with Gasteiger partial charge in [-0.05, 0) is 12.8 Å². The summed E-state index contributed by atoms with van der Waals surface area (Å²) in [6.45, 7) is 3.91. The Balaban J connectivity index is 0. The molecule has 0 aliphatic heterocycles. The quantitative estimate of drug-likeness (QED) is 0.272. The fourth-order valence-corrected chi connectivity index (χ4v) is 2.62. The molecule has 0 aromatic carbocycles. The summed E-state index contributed by atoms with van der Waals surface area (Å²) in [7, 11) is 0. The molecule has 0 aliphatic carbocycles. The minimum Gasteiger partial charge on any atom is -0.389 e. The average Bonchev–Trinajstić information content (AvgIpc) is 2.52. The van der Waals surface area contributed by atoms with E-state index < -0.39 is 10.6 Å². The molecular weight excluding hydrogens is 316 g/mol. The Morgan fingerprint density at radius 2 is 1.17 bits per heavy atom. The van der Waals surface area contributed by atoms with Crippen LogP contribution in [0.4, 0.5) is 0 Å². The highest BCUT2D eigenvalue weighted by molar-refractivity contribution is 4.78. The van der Waals surface area contributed by atoms with Crippen LogP contribution in [0.3, 0.4) is 0 Å². The number of nitro groups is 1. The SMILES string of the molecule is CCCCCCCCCCC(CO)(CCCC)[N+](=O)[O-].O=[N+]([O-])O. The molecule has 0 bridgehead atoms. The molecule has 0 radical (unpaired) electrons. The molecule has 0 spiro atoms. The monoisotopic (exact) mass is 350 g/mol. The van der Waals surface area contributed by atoms with Crippen molar-refractivity contribution in [1.82, 2.24) is 0 Å². The van der Waals surface area contributed by atoms with Gasteiger partial charge in [-0.1, -0.05) is 65.2 Å². The van der Waals surface area contributed by atoms with E-state index in [0.717, 1.165) is 32.1 Å². The van der Waals surface area contributed by atoms with Gasteiger partial charge in [0.2, 0.25) is 5.54 Å². The molecular formula is C16H34N2O6. The van der Waals surface area contributed by atoms with Gasteiger partial charge in [0, 0.05) is 17.8 Å². The predicted molar refractivity (Wildman–Crippen MR) is 92.3 cm³/mol. The summed E-state index contributed by atoms with van der Waals surface area (Å²) >= 11 is 0. The van der Waals surface area contributed by atoms with Gasteiger partial charge in [-0.15, -0.1) is 10.1 Å². The van der Waals surface area contributed by atoms with Crippen LogP contribution in [0.25, 0.3) is 0 Å². The lowest BCUT2D eigenvalue weighted by Gasteiger charge is -2.23. The van der Waals surface area contributed by atoms with E-state index in [0.29, 0.717) is 12.8 Å². The maximum absolute atomic E-state index is 11.2.